The molecule has 0 aromatic rings. The van der Waals surface area contributed by atoms with Gasteiger partial charge in [0, 0.05) is 6.42 Å². The lowest BCUT2D eigenvalue weighted by Gasteiger charge is -2.11. The fraction of sp³-hybridized carbons (Fsp3) is 0.750. The summed E-state index contributed by atoms with van der Waals surface area (Å²) in [6.45, 7) is 0. The number of carbonyl (C=O) groups excluding carboxylic acids is 1. The van der Waals surface area contributed by atoms with Crippen LogP contribution in [-0.4, -0.2) is 13.3 Å². The fourth-order valence-electron chi connectivity index (χ4n) is 0.269. The van der Waals surface area contributed by atoms with E-state index in [1.165, 1.54) is 0 Å². The number of aldehydes is 1. The number of halogens is 4. The van der Waals surface area contributed by atoms with Gasteiger partial charge in [0.2, 0.25) is 0 Å². The van der Waals surface area contributed by atoms with Crippen LogP contribution in [-0.2, 0) is 4.79 Å². The summed E-state index contributed by atoms with van der Waals surface area (Å²) in [5, 5.41) is 0. The second kappa shape index (κ2) is 4.46. The Kier molecular flexibility index (Phi) is 5.25. The number of rotatable bonds is 2. The molecule has 0 aromatic carbocycles. The molecule has 5 heteroatoms. The van der Waals surface area contributed by atoms with Gasteiger partial charge >= 0.3 is 0 Å². The van der Waals surface area contributed by atoms with E-state index in [0.717, 1.165) is 6.29 Å². The second-order valence-electron chi connectivity index (χ2n) is 1.47. The van der Waals surface area contributed by atoms with Crippen molar-refractivity contribution in [3.63, 3.8) is 0 Å². The van der Waals surface area contributed by atoms with Gasteiger partial charge in [-0.25, -0.2) is 0 Å². The Balaban J connectivity index is 3.59. The Morgan fingerprint density at radius 1 is 1.44 bits per heavy atom. The molecule has 0 aliphatic rings. The topological polar surface area (TPSA) is 17.1 Å². The van der Waals surface area contributed by atoms with Gasteiger partial charge in [0.15, 0.2) is 0 Å². The van der Waals surface area contributed by atoms with Crippen molar-refractivity contribution < 1.29 is 4.79 Å². The number of carbonyl (C=O) groups is 1. The molecule has 0 amide bonds. The maximum atomic E-state index is 10.1. The first-order chi connectivity index (χ1) is 3.95. The first kappa shape index (κ1) is 10.6. The van der Waals surface area contributed by atoms with Crippen molar-refractivity contribution >= 4 is 70.0 Å². The molecule has 0 aromatic heterocycles. The molecule has 9 heavy (non-hydrogen) atoms. The molecular weight excluding hydrogens is 384 g/mol. The average molecular weight is 388 g/mol. The zero-order valence-electron chi connectivity index (χ0n) is 4.28. The van der Waals surface area contributed by atoms with Gasteiger partial charge in [-0.1, -0.05) is 63.7 Å². The zero-order chi connectivity index (χ0) is 7.49. The van der Waals surface area contributed by atoms with E-state index in [1.807, 2.05) is 0 Å². The summed E-state index contributed by atoms with van der Waals surface area (Å²) < 4.78 is -0.317. The lowest BCUT2D eigenvalue weighted by atomic mass is 10.4. The van der Waals surface area contributed by atoms with Crippen molar-refractivity contribution in [3.8, 4) is 0 Å². The number of hydrogen-bond donors (Lipinski definition) is 0. The minimum absolute atomic E-state index is 0.115. The summed E-state index contributed by atoms with van der Waals surface area (Å²) >= 11 is 12.9. The van der Waals surface area contributed by atoms with Crippen LogP contribution >= 0.6 is 63.7 Å². The monoisotopic (exact) mass is 384 g/mol. The molecule has 0 bridgehead atoms. The summed E-state index contributed by atoms with van der Waals surface area (Å²) in [5.41, 5.74) is 0. The Morgan fingerprint density at radius 3 is 2.00 bits per heavy atom. The van der Waals surface area contributed by atoms with Crippen LogP contribution in [0.5, 0.6) is 0 Å². The van der Waals surface area contributed by atoms with Crippen molar-refractivity contribution in [2.45, 2.75) is 13.4 Å². The van der Waals surface area contributed by atoms with Crippen molar-refractivity contribution in [1.29, 1.82) is 0 Å². The molecule has 0 N–H and O–H groups in total. The minimum atomic E-state index is -0.317. The van der Waals surface area contributed by atoms with E-state index < -0.39 is 0 Å². The molecule has 0 aliphatic carbocycles. The van der Waals surface area contributed by atoms with Gasteiger partial charge in [-0.3, -0.25) is 0 Å². The highest BCUT2D eigenvalue weighted by molar-refractivity contribution is 9.39. The van der Waals surface area contributed by atoms with E-state index in [9.17, 15) is 4.79 Å². The lowest BCUT2D eigenvalue weighted by molar-refractivity contribution is -0.107. The first-order valence-corrected chi connectivity index (χ1v) is 5.41. The third kappa shape index (κ3) is 7.49. The summed E-state index contributed by atoms with van der Waals surface area (Å²) in [6.07, 6.45) is 1.50. The Hall–Kier alpha value is 1.59. The molecule has 0 radical (unpaired) electrons. The van der Waals surface area contributed by atoms with Gasteiger partial charge in [0.05, 0.1) is 4.83 Å². The smallest absolute Gasteiger partial charge is 0.136 e. The maximum Gasteiger partial charge on any atom is 0.136 e. The van der Waals surface area contributed by atoms with Gasteiger partial charge in [0.25, 0.3) is 0 Å². The highest BCUT2D eigenvalue weighted by atomic mass is 80.0. The highest BCUT2D eigenvalue weighted by Crippen LogP contribution is 2.38. The van der Waals surface area contributed by atoms with Crippen LogP contribution in [0.15, 0.2) is 0 Å². The highest BCUT2D eigenvalue weighted by Gasteiger charge is 2.21. The summed E-state index contributed by atoms with van der Waals surface area (Å²) in [4.78, 5) is 9.96. The maximum absolute atomic E-state index is 10.1. The SMILES string of the molecule is O=C[C@H](Br)CC(Br)(Br)Br. The van der Waals surface area contributed by atoms with Gasteiger partial charge in [-0.15, -0.1) is 0 Å². The average Bonchev–Trinajstić information content (AvgIpc) is 1.62. The molecular formula is C4H4Br4O. The number of alkyl halides is 4. The van der Waals surface area contributed by atoms with E-state index in [-0.39, 0.29) is 6.97 Å². The van der Waals surface area contributed by atoms with Crippen molar-refractivity contribution in [1.82, 2.24) is 0 Å². The predicted molar refractivity (Wildman–Crippen MR) is 52.9 cm³/mol. The molecule has 1 nitrogen and oxygen atoms in total. The predicted octanol–water partition coefficient (Wildman–Crippen LogP) is 3.18. The van der Waals surface area contributed by atoms with Crippen molar-refractivity contribution in [2.75, 3.05) is 0 Å². The Labute approximate surface area is 87.5 Å². The molecule has 1 atom stereocenters. The van der Waals surface area contributed by atoms with Crippen LogP contribution in [0.1, 0.15) is 6.42 Å². The molecule has 0 saturated carbocycles. The standard InChI is InChI=1S/C4H4Br4O/c5-3(2-9)1-4(6,7)8/h2-3H,1H2/t3-/m1/s1. The quantitative estimate of drug-likeness (QED) is 0.525. The van der Waals surface area contributed by atoms with E-state index in [4.69, 9.17) is 0 Å². The van der Waals surface area contributed by atoms with E-state index in [1.54, 1.807) is 0 Å². The van der Waals surface area contributed by atoms with Crippen LogP contribution < -0.4 is 0 Å². The van der Waals surface area contributed by atoms with Crippen LogP contribution in [0.2, 0.25) is 0 Å². The second-order valence-corrected chi connectivity index (χ2v) is 9.90. The molecule has 0 aliphatic heterocycles. The van der Waals surface area contributed by atoms with E-state index in [2.05, 4.69) is 63.7 Å². The lowest BCUT2D eigenvalue weighted by Crippen LogP contribution is -2.10. The van der Waals surface area contributed by atoms with Crippen molar-refractivity contribution in [3.05, 3.63) is 0 Å². The summed E-state index contributed by atoms with van der Waals surface area (Å²) in [6, 6.07) is 0. The molecule has 0 unspecified atom stereocenters. The van der Waals surface area contributed by atoms with Crippen LogP contribution in [0, 0.1) is 0 Å². The summed E-state index contributed by atoms with van der Waals surface area (Å²) in [7, 11) is 0. The van der Waals surface area contributed by atoms with Gasteiger partial charge < -0.3 is 4.79 Å². The number of hydrogen-bond acceptors (Lipinski definition) is 1. The molecule has 0 spiro atoms. The largest absolute Gasteiger partial charge is 0.302 e. The molecule has 0 rings (SSSR count). The fourth-order valence-corrected chi connectivity index (χ4v) is 3.10. The van der Waals surface area contributed by atoms with Gasteiger partial charge in [-0.05, 0) is 0 Å². The third-order valence-electron chi connectivity index (χ3n) is 0.574. The molecule has 54 valence electrons. The first-order valence-electron chi connectivity index (χ1n) is 2.12. The van der Waals surface area contributed by atoms with Crippen LogP contribution in [0.25, 0.3) is 0 Å². The van der Waals surface area contributed by atoms with E-state index >= 15 is 0 Å². The molecule has 0 fully saturated rings. The van der Waals surface area contributed by atoms with E-state index in [0.29, 0.717) is 6.42 Å². The third-order valence-corrected chi connectivity index (χ3v) is 2.08. The summed E-state index contributed by atoms with van der Waals surface area (Å²) in [5.74, 6) is 0. The van der Waals surface area contributed by atoms with Crippen molar-refractivity contribution in [2.24, 2.45) is 0 Å². The zero-order valence-corrected chi connectivity index (χ0v) is 10.6. The molecule has 0 saturated heterocycles. The minimum Gasteiger partial charge on any atom is -0.302 e. The van der Waals surface area contributed by atoms with Gasteiger partial charge in [-0.2, -0.15) is 0 Å². The molecule has 0 heterocycles. The Morgan fingerprint density at radius 2 is 1.89 bits per heavy atom. The van der Waals surface area contributed by atoms with Crippen LogP contribution in [0.4, 0.5) is 0 Å². The van der Waals surface area contributed by atoms with Gasteiger partial charge in [0.1, 0.15) is 8.43 Å². The Bertz CT molecular complexity index is 97.2. The van der Waals surface area contributed by atoms with Crippen LogP contribution in [0.3, 0.4) is 0 Å². The normalized spacial score (nSPS) is 15.1.